The van der Waals surface area contributed by atoms with Crippen LogP contribution in [0.2, 0.25) is 0 Å². The van der Waals surface area contributed by atoms with Gasteiger partial charge in [-0.2, -0.15) is 0 Å². The summed E-state index contributed by atoms with van der Waals surface area (Å²) in [5.74, 6) is -0.0937. The van der Waals surface area contributed by atoms with Crippen molar-refractivity contribution >= 4 is 5.91 Å². The first-order valence-electron chi connectivity index (χ1n) is 2.94. The maximum absolute atomic E-state index is 10.7. The van der Waals surface area contributed by atoms with E-state index in [1.165, 1.54) is 0 Å². The van der Waals surface area contributed by atoms with Gasteiger partial charge in [0.25, 0.3) is 5.91 Å². The molecular formula is C5H10N2O2. The van der Waals surface area contributed by atoms with E-state index in [9.17, 15) is 4.79 Å². The minimum absolute atomic E-state index is 0.0937. The minimum atomic E-state index is -0.418. The molecule has 0 saturated carbocycles. The molecule has 0 bridgehead atoms. The summed E-state index contributed by atoms with van der Waals surface area (Å²) in [6.45, 7) is 1.45. The molecule has 1 saturated heterocycles. The molecule has 1 unspecified atom stereocenters. The van der Waals surface area contributed by atoms with Crippen molar-refractivity contribution in [2.45, 2.75) is 6.10 Å². The molecule has 1 heterocycles. The lowest BCUT2D eigenvalue weighted by atomic mass is 10.3. The lowest BCUT2D eigenvalue weighted by Gasteiger charge is -2.20. The van der Waals surface area contributed by atoms with Gasteiger partial charge in [-0.25, -0.2) is 0 Å². The van der Waals surface area contributed by atoms with E-state index in [2.05, 4.69) is 5.32 Å². The fourth-order valence-corrected chi connectivity index (χ4v) is 0.740. The fourth-order valence-electron chi connectivity index (χ4n) is 0.740. The molecule has 1 amide bonds. The van der Waals surface area contributed by atoms with Crippen LogP contribution in [0.1, 0.15) is 0 Å². The zero-order chi connectivity index (χ0) is 6.69. The molecule has 4 heteroatoms. The van der Waals surface area contributed by atoms with Gasteiger partial charge in [0.15, 0.2) is 0 Å². The smallest absolute Gasteiger partial charge is 0.250 e. The van der Waals surface area contributed by atoms with Gasteiger partial charge < -0.3 is 15.8 Å². The first-order valence-corrected chi connectivity index (χ1v) is 2.94. The molecule has 3 N–H and O–H groups in total. The Balaban J connectivity index is 2.39. The SMILES string of the molecule is NCC1OCCNC1=O. The third-order valence-corrected chi connectivity index (χ3v) is 1.23. The standard InChI is InChI=1S/C5H10N2O2/c6-3-4-5(8)7-1-2-9-4/h4H,1-3,6H2,(H,7,8). The molecule has 0 spiro atoms. The highest BCUT2D eigenvalue weighted by atomic mass is 16.5. The van der Waals surface area contributed by atoms with Gasteiger partial charge in [-0.15, -0.1) is 0 Å². The van der Waals surface area contributed by atoms with E-state index < -0.39 is 6.10 Å². The Labute approximate surface area is 53.4 Å². The molecule has 1 aliphatic heterocycles. The topological polar surface area (TPSA) is 64.3 Å². The lowest BCUT2D eigenvalue weighted by Crippen LogP contribution is -2.47. The monoisotopic (exact) mass is 130 g/mol. The summed E-state index contributed by atoms with van der Waals surface area (Å²) >= 11 is 0. The lowest BCUT2D eigenvalue weighted by molar-refractivity contribution is -0.136. The average molecular weight is 130 g/mol. The van der Waals surface area contributed by atoms with Crippen LogP contribution < -0.4 is 11.1 Å². The van der Waals surface area contributed by atoms with E-state index in [0.717, 1.165) is 0 Å². The van der Waals surface area contributed by atoms with Gasteiger partial charge in [0.05, 0.1) is 6.61 Å². The molecule has 1 rings (SSSR count). The Morgan fingerprint density at radius 3 is 3.11 bits per heavy atom. The summed E-state index contributed by atoms with van der Waals surface area (Å²) < 4.78 is 5.00. The second kappa shape index (κ2) is 2.80. The summed E-state index contributed by atoms with van der Waals surface area (Å²) in [5.41, 5.74) is 5.21. The van der Waals surface area contributed by atoms with Crippen LogP contribution in [0.15, 0.2) is 0 Å². The van der Waals surface area contributed by atoms with Gasteiger partial charge in [-0.1, -0.05) is 0 Å². The number of amides is 1. The minimum Gasteiger partial charge on any atom is -0.365 e. The first-order chi connectivity index (χ1) is 4.34. The molecule has 9 heavy (non-hydrogen) atoms. The van der Waals surface area contributed by atoms with Gasteiger partial charge >= 0.3 is 0 Å². The summed E-state index contributed by atoms with van der Waals surface area (Å²) in [5, 5.41) is 2.64. The number of ether oxygens (including phenoxy) is 1. The average Bonchev–Trinajstić information content (AvgIpc) is 1.89. The van der Waals surface area contributed by atoms with Crippen LogP contribution in [-0.4, -0.2) is 31.7 Å². The molecule has 0 aromatic carbocycles. The number of nitrogens with two attached hydrogens (primary N) is 1. The molecule has 4 nitrogen and oxygen atoms in total. The zero-order valence-electron chi connectivity index (χ0n) is 5.09. The first kappa shape index (κ1) is 6.51. The van der Waals surface area contributed by atoms with Crippen molar-refractivity contribution in [1.82, 2.24) is 5.32 Å². The van der Waals surface area contributed by atoms with Crippen molar-refractivity contribution in [3.8, 4) is 0 Å². The highest BCUT2D eigenvalue weighted by molar-refractivity contribution is 5.81. The van der Waals surface area contributed by atoms with Gasteiger partial charge in [-0.05, 0) is 0 Å². The van der Waals surface area contributed by atoms with E-state index in [0.29, 0.717) is 13.2 Å². The van der Waals surface area contributed by atoms with Crippen LogP contribution >= 0.6 is 0 Å². The predicted octanol–water partition coefficient (Wildman–Crippen LogP) is -1.54. The van der Waals surface area contributed by atoms with Crippen molar-refractivity contribution in [1.29, 1.82) is 0 Å². The van der Waals surface area contributed by atoms with Crippen LogP contribution in [0, 0.1) is 0 Å². The molecule has 0 aliphatic carbocycles. The van der Waals surface area contributed by atoms with Gasteiger partial charge in [-0.3, -0.25) is 4.79 Å². The maximum atomic E-state index is 10.7. The molecule has 0 radical (unpaired) electrons. The van der Waals surface area contributed by atoms with Crippen LogP contribution in [-0.2, 0) is 9.53 Å². The Hall–Kier alpha value is -0.610. The number of hydrogen-bond acceptors (Lipinski definition) is 3. The summed E-state index contributed by atoms with van der Waals surface area (Å²) in [4.78, 5) is 10.7. The molecule has 52 valence electrons. The predicted molar refractivity (Wildman–Crippen MR) is 31.8 cm³/mol. The maximum Gasteiger partial charge on any atom is 0.250 e. The quantitative estimate of drug-likeness (QED) is 0.452. The third-order valence-electron chi connectivity index (χ3n) is 1.23. The summed E-state index contributed by atoms with van der Waals surface area (Å²) in [6, 6.07) is 0. The van der Waals surface area contributed by atoms with Crippen LogP contribution in [0.4, 0.5) is 0 Å². The normalized spacial score (nSPS) is 27.7. The fraction of sp³-hybridized carbons (Fsp3) is 0.800. The van der Waals surface area contributed by atoms with Gasteiger partial charge in [0.1, 0.15) is 6.10 Å². The van der Waals surface area contributed by atoms with Crippen molar-refractivity contribution in [2.24, 2.45) is 5.73 Å². The van der Waals surface area contributed by atoms with E-state index in [4.69, 9.17) is 10.5 Å². The third kappa shape index (κ3) is 1.40. The van der Waals surface area contributed by atoms with E-state index in [1.807, 2.05) is 0 Å². The number of rotatable bonds is 1. The Morgan fingerprint density at radius 1 is 1.89 bits per heavy atom. The van der Waals surface area contributed by atoms with Crippen molar-refractivity contribution in [3.63, 3.8) is 0 Å². The van der Waals surface area contributed by atoms with Crippen molar-refractivity contribution in [2.75, 3.05) is 19.7 Å². The Morgan fingerprint density at radius 2 is 2.67 bits per heavy atom. The van der Waals surface area contributed by atoms with Crippen molar-refractivity contribution in [3.05, 3.63) is 0 Å². The van der Waals surface area contributed by atoms with Crippen molar-refractivity contribution < 1.29 is 9.53 Å². The zero-order valence-corrected chi connectivity index (χ0v) is 5.09. The molecule has 0 aromatic rings. The van der Waals surface area contributed by atoms with Crippen LogP contribution in [0.3, 0.4) is 0 Å². The van der Waals surface area contributed by atoms with Gasteiger partial charge in [0, 0.05) is 13.1 Å². The van der Waals surface area contributed by atoms with E-state index >= 15 is 0 Å². The molecule has 1 fully saturated rings. The number of carbonyl (C=O) groups is 1. The number of carbonyl (C=O) groups excluding carboxylic acids is 1. The summed E-state index contributed by atoms with van der Waals surface area (Å²) in [7, 11) is 0. The Bertz CT molecular complexity index is 116. The van der Waals surface area contributed by atoms with Crippen LogP contribution in [0.25, 0.3) is 0 Å². The molecule has 0 aromatic heterocycles. The highest BCUT2D eigenvalue weighted by Crippen LogP contribution is 1.93. The van der Waals surface area contributed by atoms with E-state index in [1.54, 1.807) is 0 Å². The molecule has 1 aliphatic rings. The molecular weight excluding hydrogens is 120 g/mol. The summed E-state index contributed by atoms with van der Waals surface area (Å²) in [6.07, 6.45) is -0.418. The van der Waals surface area contributed by atoms with Gasteiger partial charge in [0.2, 0.25) is 0 Å². The second-order valence-corrected chi connectivity index (χ2v) is 1.89. The van der Waals surface area contributed by atoms with Crippen LogP contribution in [0.5, 0.6) is 0 Å². The number of hydrogen-bond donors (Lipinski definition) is 2. The highest BCUT2D eigenvalue weighted by Gasteiger charge is 2.19. The van der Waals surface area contributed by atoms with E-state index in [-0.39, 0.29) is 12.5 Å². The largest absolute Gasteiger partial charge is 0.365 e. The Kier molecular flexibility index (Phi) is 2.02. The number of nitrogens with one attached hydrogen (secondary N) is 1. The molecule has 1 atom stereocenters. The second-order valence-electron chi connectivity index (χ2n) is 1.89. The number of morpholine rings is 1.